The topological polar surface area (TPSA) is 145 Å². The summed E-state index contributed by atoms with van der Waals surface area (Å²) < 4.78 is 20.9. The summed E-state index contributed by atoms with van der Waals surface area (Å²) in [5.74, 6) is -1.45. The highest BCUT2D eigenvalue weighted by molar-refractivity contribution is 5.88. The summed E-state index contributed by atoms with van der Waals surface area (Å²) in [6.45, 7) is 1.56. The molecule has 1 aliphatic heterocycles. The van der Waals surface area contributed by atoms with Crippen LogP contribution < -0.4 is 11.1 Å². The number of alkyl carbamates (subject to hydrolysis) is 1. The molecule has 0 radical (unpaired) electrons. The minimum absolute atomic E-state index is 0.0622. The molecule has 0 spiro atoms. The van der Waals surface area contributed by atoms with Gasteiger partial charge in [-0.1, -0.05) is 16.4 Å². The lowest BCUT2D eigenvalue weighted by atomic mass is 9.76. The summed E-state index contributed by atoms with van der Waals surface area (Å²) in [7, 11) is 0. The fraction of sp³-hybridized carbons (Fsp3) is 0.267. The zero-order valence-electron chi connectivity index (χ0n) is 13.6. The smallest absolute Gasteiger partial charge is 0.407 e. The van der Waals surface area contributed by atoms with E-state index in [1.54, 1.807) is 0 Å². The molecular weight excluding hydrogens is 347 g/mol. The van der Waals surface area contributed by atoms with E-state index in [2.05, 4.69) is 20.8 Å². The van der Waals surface area contributed by atoms with E-state index in [0.717, 1.165) is 17.0 Å². The SMILES string of the molecule is CC(C(N)=O)(c1ccc(-n2cc(C=NO)nn2)c(F)c1)C1CNC(=O)O1. The van der Waals surface area contributed by atoms with E-state index < -0.39 is 29.3 Å². The van der Waals surface area contributed by atoms with Gasteiger partial charge in [0, 0.05) is 0 Å². The fourth-order valence-corrected chi connectivity index (χ4v) is 2.73. The van der Waals surface area contributed by atoms with Gasteiger partial charge in [-0.3, -0.25) is 4.79 Å². The van der Waals surface area contributed by atoms with Crippen LogP contribution in [0.15, 0.2) is 29.6 Å². The zero-order valence-corrected chi connectivity index (χ0v) is 13.6. The zero-order chi connectivity index (χ0) is 18.9. The molecule has 1 saturated heterocycles. The maximum Gasteiger partial charge on any atom is 0.407 e. The number of primary amides is 1. The molecule has 0 saturated carbocycles. The maximum absolute atomic E-state index is 14.6. The molecule has 2 aromatic rings. The van der Waals surface area contributed by atoms with Gasteiger partial charge < -0.3 is 21.0 Å². The number of halogens is 1. The number of nitrogens with zero attached hydrogens (tertiary/aromatic N) is 4. The van der Waals surface area contributed by atoms with Gasteiger partial charge in [-0.15, -0.1) is 5.10 Å². The number of nitrogens with one attached hydrogen (secondary N) is 1. The molecular formula is C15H15FN6O4. The van der Waals surface area contributed by atoms with Crippen LogP contribution in [0.4, 0.5) is 9.18 Å². The molecule has 2 heterocycles. The summed E-state index contributed by atoms with van der Waals surface area (Å²) in [5.41, 5.74) is 4.64. The van der Waals surface area contributed by atoms with Crippen molar-refractivity contribution in [3.05, 3.63) is 41.5 Å². The number of nitrogens with two attached hydrogens (primary N) is 1. The van der Waals surface area contributed by atoms with Crippen LogP contribution in [0.2, 0.25) is 0 Å². The molecule has 1 aromatic heterocycles. The minimum Gasteiger partial charge on any atom is -0.443 e. The van der Waals surface area contributed by atoms with Crippen LogP contribution in [0, 0.1) is 5.82 Å². The number of hydrogen-bond acceptors (Lipinski definition) is 7. The van der Waals surface area contributed by atoms with Crippen molar-refractivity contribution >= 4 is 18.2 Å². The Kier molecular flexibility index (Phi) is 4.28. The first-order valence-electron chi connectivity index (χ1n) is 7.51. The molecule has 11 heteroatoms. The molecule has 0 aliphatic carbocycles. The van der Waals surface area contributed by atoms with E-state index in [0.29, 0.717) is 0 Å². The predicted octanol–water partition coefficient (Wildman–Crippen LogP) is 0.0659. The molecule has 2 atom stereocenters. The van der Waals surface area contributed by atoms with Crippen molar-refractivity contribution in [2.45, 2.75) is 18.4 Å². The van der Waals surface area contributed by atoms with Crippen molar-refractivity contribution < 1.29 is 23.9 Å². The summed E-state index contributed by atoms with van der Waals surface area (Å²) in [6, 6.07) is 4.02. The Morgan fingerprint density at radius 3 is 2.96 bits per heavy atom. The quantitative estimate of drug-likeness (QED) is 0.390. The van der Waals surface area contributed by atoms with Crippen LogP contribution >= 0.6 is 0 Å². The number of rotatable bonds is 5. The van der Waals surface area contributed by atoms with E-state index in [1.807, 2.05) is 0 Å². The molecule has 26 heavy (non-hydrogen) atoms. The third-order valence-electron chi connectivity index (χ3n) is 4.33. The van der Waals surface area contributed by atoms with Gasteiger partial charge in [-0.2, -0.15) is 0 Å². The highest BCUT2D eigenvalue weighted by Crippen LogP contribution is 2.32. The van der Waals surface area contributed by atoms with Crippen molar-refractivity contribution in [2.24, 2.45) is 10.9 Å². The molecule has 136 valence electrons. The molecule has 3 rings (SSSR count). The monoisotopic (exact) mass is 362 g/mol. The highest BCUT2D eigenvalue weighted by atomic mass is 19.1. The lowest BCUT2D eigenvalue weighted by Crippen LogP contribution is -2.49. The molecule has 1 fully saturated rings. The van der Waals surface area contributed by atoms with Crippen LogP contribution in [-0.2, 0) is 14.9 Å². The minimum atomic E-state index is -1.42. The van der Waals surface area contributed by atoms with Gasteiger partial charge in [0.1, 0.15) is 28.7 Å². The van der Waals surface area contributed by atoms with E-state index in [1.165, 1.54) is 25.3 Å². The third kappa shape index (κ3) is 2.83. The number of cyclic esters (lactones) is 1. The van der Waals surface area contributed by atoms with Crippen LogP contribution in [-0.4, -0.2) is 51.1 Å². The number of amides is 2. The average Bonchev–Trinajstić information content (AvgIpc) is 3.23. The van der Waals surface area contributed by atoms with Gasteiger partial charge in [-0.25, -0.2) is 13.9 Å². The van der Waals surface area contributed by atoms with Gasteiger partial charge in [-0.05, 0) is 24.6 Å². The highest BCUT2D eigenvalue weighted by Gasteiger charge is 2.47. The standard InChI is InChI=1S/C15H15FN6O4/c1-15(13(17)23,12-6-18-14(24)26-12)8-2-3-11(10(16)4-8)22-7-9(5-19-25)20-21-22/h2-5,7,12,25H,6H2,1H3,(H2,17,23)(H,18,24). The Morgan fingerprint density at radius 1 is 1.62 bits per heavy atom. The van der Waals surface area contributed by atoms with E-state index in [-0.39, 0.29) is 23.5 Å². The van der Waals surface area contributed by atoms with Crippen molar-refractivity contribution in [3.63, 3.8) is 0 Å². The van der Waals surface area contributed by atoms with E-state index >= 15 is 0 Å². The Labute approximate surface area is 146 Å². The first-order valence-corrected chi connectivity index (χ1v) is 7.51. The van der Waals surface area contributed by atoms with Crippen LogP contribution in [0.1, 0.15) is 18.2 Å². The Morgan fingerprint density at radius 2 is 2.38 bits per heavy atom. The second kappa shape index (κ2) is 6.43. The Balaban J connectivity index is 1.99. The van der Waals surface area contributed by atoms with E-state index in [9.17, 15) is 14.0 Å². The second-order valence-corrected chi connectivity index (χ2v) is 5.84. The third-order valence-corrected chi connectivity index (χ3v) is 4.33. The summed E-state index contributed by atoms with van der Waals surface area (Å²) in [5, 5.41) is 21.2. The van der Waals surface area contributed by atoms with Gasteiger partial charge >= 0.3 is 6.09 Å². The maximum atomic E-state index is 14.6. The Bertz CT molecular complexity index is 898. The Hall–Kier alpha value is -3.50. The van der Waals surface area contributed by atoms with E-state index in [4.69, 9.17) is 15.7 Å². The summed E-state index contributed by atoms with van der Waals surface area (Å²) in [4.78, 5) is 23.4. The number of hydrogen-bond donors (Lipinski definition) is 3. The number of carbonyl (C=O) groups is 2. The van der Waals surface area contributed by atoms with Crippen molar-refractivity contribution in [1.82, 2.24) is 20.3 Å². The number of oxime groups is 1. The number of aromatic nitrogens is 3. The number of benzene rings is 1. The number of ether oxygens (including phenoxy) is 1. The van der Waals surface area contributed by atoms with Crippen molar-refractivity contribution in [2.75, 3.05) is 6.54 Å². The van der Waals surface area contributed by atoms with Crippen LogP contribution in [0.3, 0.4) is 0 Å². The van der Waals surface area contributed by atoms with Gasteiger partial charge in [0.15, 0.2) is 0 Å². The van der Waals surface area contributed by atoms with Gasteiger partial charge in [0.25, 0.3) is 0 Å². The molecule has 0 bridgehead atoms. The summed E-state index contributed by atoms with van der Waals surface area (Å²) in [6.07, 6.45) is 0.867. The molecule has 4 N–H and O–H groups in total. The predicted molar refractivity (Wildman–Crippen MR) is 85.5 cm³/mol. The van der Waals surface area contributed by atoms with Crippen molar-refractivity contribution in [3.8, 4) is 5.69 Å². The normalized spacial score (nSPS) is 19.2. The molecule has 1 aromatic carbocycles. The largest absolute Gasteiger partial charge is 0.443 e. The van der Waals surface area contributed by atoms with Crippen LogP contribution in [0.25, 0.3) is 5.69 Å². The van der Waals surface area contributed by atoms with Crippen LogP contribution in [0.5, 0.6) is 0 Å². The number of carbonyl (C=O) groups excluding carboxylic acids is 2. The molecule has 1 aliphatic rings. The molecule has 10 nitrogen and oxygen atoms in total. The second-order valence-electron chi connectivity index (χ2n) is 5.84. The lowest BCUT2D eigenvalue weighted by molar-refractivity contribution is -0.126. The van der Waals surface area contributed by atoms with Crippen molar-refractivity contribution in [1.29, 1.82) is 0 Å². The molecule has 2 amide bonds. The van der Waals surface area contributed by atoms with Gasteiger partial charge in [0.2, 0.25) is 5.91 Å². The fourth-order valence-electron chi connectivity index (χ4n) is 2.73. The average molecular weight is 362 g/mol. The first-order chi connectivity index (χ1) is 12.4. The summed E-state index contributed by atoms with van der Waals surface area (Å²) >= 11 is 0. The molecule has 2 unspecified atom stereocenters. The van der Waals surface area contributed by atoms with Gasteiger partial charge in [0.05, 0.1) is 19.0 Å². The first kappa shape index (κ1) is 17.3. The lowest BCUT2D eigenvalue weighted by Gasteiger charge is -2.31.